The summed E-state index contributed by atoms with van der Waals surface area (Å²) >= 11 is 0. The van der Waals surface area contributed by atoms with Gasteiger partial charge in [0.15, 0.2) is 24.1 Å². The SMILES string of the molecule is CC[C@H]1OC(=O)[C@H](C)[C@@H](O[C@H]2C[C@@](C)(OC)[C@@H](O)[C@H](C)O2)[C@H](C)[C@@H](O[C@@H]2O[C@H](C)C[C@H](N(C)CCc3cn(Cc4ccc5c(c4)C(=O)c4ccccc4C5=O)nn3)[C@H]2O)[C@](C)(O)C[C@@H](C)CN(C)[C@H](C)[C@@H](O)[C@]1(C)O. The number of hydrogen-bond donors (Lipinski definition) is 5. The first-order valence-electron chi connectivity index (χ1n) is 26.7. The van der Waals surface area contributed by atoms with E-state index in [0.29, 0.717) is 60.4 Å². The predicted molar refractivity (Wildman–Crippen MR) is 276 cm³/mol. The van der Waals surface area contributed by atoms with Crippen molar-refractivity contribution in [1.29, 1.82) is 0 Å². The molecule has 1 aliphatic carbocycles. The summed E-state index contributed by atoms with van der Waals surface area (Å²) in [5.74, 6) is -3.23. The van der Waals surface area contributed by atoms with Crippen molar-refractivity contribution in [3.8, 4) is 0 Å². The Hall–Kier alpha value is -4.09. The van der Waals surface area contributed by atoms with Gasteiger partial charge >= 0.3 is 5.97 Å². The Morgan fingerprint density at radius 1 is 0.867 bits per heavy atom. The Balaban J connectivity index is 1.12. The molecule has 3 fully saturated rings. The van der Waals surface area contributed by atoms with Gasteiger partial charge in [-0.15, -0.1) is 5.10 Å². The van der Waals surface area contributed by atoms with E-state index in [-0.39, 0.29) is 36.7 Å². The number of carbonyl (C=O) groups excluding carboxylic acids is 3. The number of fused-ring (bicyclic) bond motifs is 2. The van der Waals surface area contributed by atoms with Crippen LogP contribution in [0.5, 0.6) is 0 Å². The Bertz CT molecular complexity index is 2470. The molecule has 0 unspecified atom stereocenters. The van der Waals surface area contributed by atoms with Crippen molar-refractivity contribution in [2.45, 2.75) is 198 Å². The third kappa shape index (κ3) is 12.5. The van der Waals surface area contributed by atoms with E-state index in [4.69, 9.17) is 28.4 Å². The van der Waals surface area contributed by atoms with E-state index >= 15 is 0 Å². The maximum Gasteiger partial charge on any atom is 0.311 e. The van der Waals surface area contributed by atoms with E-state index in [0.717, 1.165) is 5.56 Å². The third-order valence-corrected chi connectivity index (χ3v) is 16.8. The molecule has 4 aliphatic rings. The highest BCUT2D eigenvalue weighted by Gasteiger charge is 2.53. The summed E-state index contributed by atoms with van der Waals surface area (Å²) in [7, 11) is 5.23. The number of esters is 1. The number of nitrogens with zero attached hydrogens (tertiary/aromatic N) is 5. The molecule has 1 aromatic heterocycles. The van der Waals surface area contributed by atoms with E-state index in [9.17, 15) is 39.9 Å². The highest BCUT2D eigenvalue weighted by Crippen LogP contribution is 2.40. The smallest absolute Gasteiger partial charge is 0.311 e. The normalized spacial score (nSPS) is 38.6. The molecule has 0 radical (unpaired) electrons. The average molecular weight is 1050 g/mol. The lowest BCUT2D eigenvalue weighted by molar-refractivity contribution is -0.318. The van der Waals surface area contributed by atoms with Crippen LogP contribution in [0.3, 0.4) is 0 Å². The quantitative estimate of drug-likeness (QED) is 0.126. The van der Waals surface area contributed by atoms with E-state index in [1.54, 1.807) is 89.5 Å². The van der Waals surface area contributed by atoms with Gasteiger partial charge in [-0.3, -0.25) is 14.4 Å². The number of likely N-dealkylation sites (N-methyl/N-ethyl adjacent to an activating group) is 2. The van der Waals surface area contributed by atoms with E-state index in [2.05, 4.69) is 10.3 Å². The summed E-state index contributed by atoms with van der Waals surface area (Å²) in [6.07, 6.45) is -7.04. The molecule has 2 aromatic carbocycles. The number of methoxy groups -OCH3 is 1. The van der Waals surface area contributed by atoms with Crippen molar-refractivity contribution < 1.29 is 68.3 Å². The van der Waals surface area contributed by atoms with Crippen molar-refractivity contribution in [2.75, 3.05) is 34.3 Å². The van der Waals surface area contributed by atoms with Crippen LogP contribution in [-0.4, -0.2) is 192 Å². The molecule has 4 heterocycles. The van der Waals surface area contributed by atoms with Crippen LogP contribution in [-0.2, 0) is 46.2 Å². The maximum atomic E-state index is 14.5. The van der Waals surface area contributed by atoms with E-state index in [1.807, 2.05) is 50.0 Å². The molecule has 5 N–H and O–H groups in total. The molecule has 0 spiro atoms. The molecule has 0 amide bonds. The zero-order chi connectivity index (χ0) is 55.1. The molecular weight excluding hydrogens is 967 g/mol. The average Bonchev–Trinajstić information content (AvgIpc) is 3.82. The van der Waals surface area contributed by atoms with Gasteiger partial charge in [-0.05, 0) is 105 Å². The van der Waals surface area contributed by atoms with Crippen molar-refractivity contribution in [2.24, 2.45) is 17.8 Å². The summed E-state index contributed by atoms with van der Waals surface area (Å²) < 4.78 is 40.0. The van der Waals surface area contributed by atoms with Crippen LogP contribution in [0.2, 0.25) is 0 Å². The van der Waals surface area contributed by atoms with Crippen molar-refractivity contribution in [3.63, 3.8) is 0 Å². The molecule has 3 saturated heterocycles. The van der Waals surface area contributed by atoms with Crippen LogP contribution in [0, 0.1) is 17.8 Å². The summed E-state index contributed by atoms with van der Waals surface area (Å²) in [5, 5.41) is 68.6. The minimum atomic E-state index is -1.85. The van der Waals surface area contributed by atoms with Crippen molar-refractivity contribution in [1.82, 2.24) is 24.8 Å². The largest absolute Gasteiger partial charge is 0.459 e. The summed E-state index contributed by atoms with van der Waals surface area (Å²) in [6, 6.07) is 11.0. The zero-order valence-corrected chi connectivity index (χ0v) is 46.1. The number of ketones is 2. The van der Waals surface area contributed by atoms with Crippen LogP contribution in [0.1, 0.15) is 138 Å². The standard InChI is InChI=1S/C56H83N5O14/c1-14-43-56(10,69)49(65)34(6)60(12)27-30(2)25-54(8,68)51(32(4)48(33(5)52(67)73-43)74-44-26-55(9,70-13)50(66)35(7)72-44)75-53-47(64)42(23-31(3)71-53)59(11)22-21-37-29-61(58-57-37)28-36-19-20-40-41(24-36)46(63)39-18-16-15-17-38(39)45(40)62/h15-20,24,29-35,42-44,47-51,53,64-66,68-69H,14,21-23,25-28H2,1-13H3/t30-,31-,32+,33-,34-,35+,42+,43-,44+,47-,48+,49-,50+,51-,53+,54-,55-,56-/m1/s1. The van der Waals surface area contributed by atoms with E-state index < -0.39 is 108 Å². The number of benzene rings is 2. The summed E-state index contributed by atoms with van der Waals surface area (Å²) in [6.45, 7) is 18.7. The first kappa shape index (κ1) is 58.6. The number of aromatic nitrogens is 3. The van der Waals surface area contributed by atoms with Gasteiger partial charge in [-0.2, -0.15) is 0 Å². The third-order valence-electron chi connectivity index (χ3n) is 16.8. The summed E-state index contributed by atoms with van der Waals surface area (Å²) in [5.41, 5.74) is -1.55. The molecule has 19 nitrogen and oxygen atoms in total. The van der Waals surface area contributed by atoms with Crippen LogP contribution in [0.4, 0.5) is 0 Å². The van der Waals surface area contributed by atoms with Gasteiger partial charge in [0, 0.05) is 79.5 Å². The van der Waals surface area contributed by atoms with Crippen LogP contribution < -0.4 is 0 Å². The molecule has 75 heavy (non-hydrogen) atoms. The first-order chi connectivity index (χ1) is 35.2. The van der Waals surface area contributed by atoms with Crippen LogP contribution >= 0.6 is 0 Å². The first-order valence-corrected chi connectivity index (χ1v) is 26.7. The second-order valence-electron chi connectivity index (χ2n) is 22.9. The van der Waals surface area contributed by atoms with Gasteiger partial charge in [-0.25, -0.2) is 4.68 Å². The highest BCUT2D eigenvalue weighted by molar-refractivity contribution is 6.28. The Kier molecular flexibility index (Phi) is 18.3. The maximum absolute atomic E-state index is 14.5. The lowest BCUT2D eigenvalue weighted by atomic mass is 9.77. The van der Waals surface area contributed by atoms with Gasteiger partial charge in [0.05, 0.1) is 53.8 Å². The number of carbonyl (C=O) groups is 3. The topological polar surface area (TPSA) is 245 Å². The predicted octanol–water partition coefficient (Wildman–Crippen LogP) is 3.93. The number of aliphatic hydroxyl groups is 5. The number of rotatable bonds is 12. The van der Waals surface area contributed by atoms with Crippen LogP contribution in [0.25, 0.3) is 0 Å². The number of aliphatic hydroxyl groups excluding tert-OH is 3. The van der Waals surface area contributed by atoms with Gasteiger partial charge < -0.3 is 63.8 Å². The lowest BCUT2D eigenvalue weighted by Gasteiger charge is -2.49. The lowest BCUT2D eigenvalue weighted by Crippen LogP contribution is -2.61. The fourth-order valence-electron chi connectivity index (χ4n) is 12.1. The molecular formula is C56H83N5O14. The minimum absolute atomic E-state index is 0.0870. The molecule has 18 atom stereocenters. The molecule has 3 aliphatic heterocycles. The zero-order valence-electron chi connectivity index (χ0n) is 46.1. The summed E-state index contributed by atoms with van der Waals surface area (Å²) in [4.78, 5) is 45.0. The fraction of sp³-hybridized carbons (Fsp3) is 0.696. The Morgan fingerprint density at radius 3 is 2.17 bits per heavy atom. The molecule has 0 saturated carbocycles. The second kappa shape index (κ2) is 23.5. The fourth-order valence-corrected chi connectivity index (χ4v) is 12.1. The Morgan fingerprint density at radius 2 is 1.52 bits per heavy atom. The number of ether oxygens (including phenoxy) is 6. The Labute approximate surface area is 441 Å². The highest BCUT2D eigenvalue weighted by atomic mass is 16.7. The van der Waals surface area contributed by atoms with Gasteiger partial charge in [0.1, 0.15) is 30.0 Å². The molecule has 3 aromatic rings. The van der Waals surface area contributed by atoms with Crippen LogP contribution in [0.15, 0.2) is 48.7 Å². The second-order valence-corrected chi connectivity index (χ2v) is 22.9. The van der Waals surface area contributed by atoms with E-state index in [1.165, 1.54) is 14.0 Å². The molecule has 0 bridgehead atoms. The molecule has 7 rings (SSSR count). The van der Waals surface area contributed by atoms with Crippen molar-refractivity contribution in [3.05, 3.63) is 82.2 Å². The van der Waals surface area contributed by atoms with Crippen molar-refractivity contribution >= 4 is 17.5 Å². The van der Waals surface area contributed by atoms with Gasteiger partial charge in [-0.1, -0.05) is 56.3 Å². The van der Waals surface area contributed by atoms with Gasteiger partial charge in [0.25, 0.3) is 0 Å². The number of cyclic esters (lactones) is 1. The monoisotopic (exact) mass is 1050 g/mol. The minimum Gasteiger partial charge on any atom is -0.459 e. The molecule has 416 valence electrons. The number of hydrogen-bond acceptors (Lipinski definition) is 18. The van der Waals surface area contributed by atoms with Gasteiger partial charge in [0.2, 0.25) is 0 Å². The molecule has 19 heteroatoms.